The van der Waals surface area contributed by atoms with Gasteiger partial charge in [0, 0.05) is 41.7 Å². The van der Waals surface area contributed by atoms with Gasteiger partial charge in [-0.3, -0.25) is 0 Å². The second kappa shape index (κ2) is 9.15. The third kappa shape index (κ3) is 4.44. The molecule has 0 radical (unpaired) electrons. The van der Waals surface area contributed by atoms with Gasteiger partial charge in [0.2, 0.25) is 0 Å². The zero-order valence-corrected chi connectivity index (χ0v) is 16.8. The summed E-state index contributed by atoms with van der Waals surface area (Å²) >= 11 is 0. The van der Waals surface area contributed by atoms with E-state index in [-0.39, 0.29) is 0 Å². The maximum atomic E-state index is 10.9. The van der Waals surface area contributed by atoms with Crippen LogP contribution in [0.25, 0.3) is 10.8 Å². The first-order valence-corrected chi connectivity index (χ1v) is 11.1. The van der Waals surface area contributed by atoms with Crippen LogP contribution >= 0.6 is 0 Å². The molecule has 2 fully saturated rings. The molecule has 0 spiro atoms. The first-order chi connectivity index (χ1) is 13.7. The van der Waals surface area contributed by atoms with Gasteiger partial charge >= 0.3 is 0 Å². The van der Waals surface area contributed by atoms with Crippen molar-refractivity contribution in [3.8, 4) is 11.5 Å². The second-order valence-corrected chi connectivity index (χ2v) is 8.66. The number of hydrogen-bond donors (Lipinski definition) is 4. The molecule has 2 aromatic rings. The van der Waals surface area contributed by atoms with Crippen LogP contribution in [0.15, 0.2) is 24.3 Å². The zero-order valence-electron chi connectivity index (χ0n) is 16.8. The number of phenolic OH excluding ortho intramolecular Hbond substituents is 2. The molecule has 2 aliphatic rings. The Morgan fingerprint density at radius 2 is 1.25 bits per heavy atom. The molecule has 152 valence electrons. The van der Waals surface area contributed by atoms with E-state index in [0.717, 1.165) is 21.9 Å². The van der Waals surface area contributed by atoms with E-state index < -0.39 is 0 Å². The number of fused-ring (bicyclic) bond motifs is 1. The van der Waals surface area contributed by atoms with Crippen molar-refractivity contribution in [2.45, 2.75) is 89.4 Å². The van der Waals surface area contributed by atoms with Crippen LogP contribution < -0.4 is 10.6 Å². The summed E-state index contributed by atoms with van der Waals surface area (Å²) in [5.41, 5.74) is 1.83. The number of nitrogens with one attached hydrogen (secondary N) is 2. The molecule has 2 aliphatic carbocycles. The van der Waals surface area contributed by atoms with Crippen LogP contribution in [0, 0.1) is 0 Å². The average Bonchev–Trinajstić information content (AvgIpc) is 2.74. The maximum Gasteiger partial charge on any atom is 0.127 e. The molecule has 0 aliphatic heterocycles. The highest BCUT2D eigenvalue weighted by atomic mass is 16.3. The van der Waals surface area contributed by atoms with E-state index in [2.05, 4.69) is 16.7 Å². The van der Waals surface area contributed by atoms with Crippen molar-refractivity contribution in [3.05, 3.63) is 35.4 Å². The minimum atomic E-state index is 0.309. The first-order valence-electron chi connectivity index (χ1n) is 11.1. The van der Waals surface area contributed by atoms with Gasteiger partial charge in [-0.05, 0) is 43.2 Å². The normalized spacial score (nSPS) is 19.3. The molecule has 2 saturated carbocycles. The van der Waals surface area contributed by atoms with Crippen LogP contribution in [0.4, 0.5) is 0 Å². The largest absolute Gasteiger partial charge is 0.508 e. The summed E-state index contributed by atoms with van der Waals surface area (Å²) in [7, 11) is 0. The Morgan fingerprint density at radius 1 is 0.679 bits per heavy atom. The number of rotatable bonds is 6. The Balaban J connectivity index is 1.50. The Kier molecular flexibility index (Phi) is 6.38. The van der Waals surface area contributed by atoms with Gasteiger partial charge in [-0.1, -0.05) is 50.7 Å². The Morgan fingerprint density at radius 3 is 1.89 bits per heavy atom. The quantitative estimate of drug-likeness (QED) is 0.561. The standard InChI is InChI=1S/C24H34N2O2/c27-23-14-13-21-20(22(23)16-26-19-9-5-2-6-10-19)12-11-17(24(21)28)15-25-18-7-3-1-4-8-18/h11-14,18-19,25-28H,1-10,15-16H2. The highest BCUT2D eigenvalue weighted by molar-refractivity contribution is 5.93. The van der Waals surface area contributed by atoms with Crippen LogP contribution in [0.5, 0.6) is 11.5 Å². The SMILES string of the molecule is Oc1ccc2c(O)c(CNC3CCCCC3)ccc2c1CNC1CCCCC1. The number of phenols is 2. The molecule has 2 aromatic carbocycles. The van der Waals surface area contributed by atoms with E-state index >= 15 is 0 Å². The molecular weight excluding hydrogens is 348 g/mol. The van der Waals surface area contributed by atoms with E-state index in [1.54, 1.807) is 6.07 Å². The Bertz CT molecular complexity index is 793. The van der Waals surface area contributed by atoms with Gasteiger partial charge in [-0.25, -0.2) is 0 Å². The lowest BCUT2D eigenvalue weighted by molar-refractivity contribution is 0.369. The topological polar surface area (TPSA) is 64.5 Å². The van der Waals surface area contributed by atoms with Crippen molar-refractivity contribution < 1.29 is 10.2 Å². The fourth-order valence-electron chi connectivity index (χ4n) is 4.93. The fourth-order valence-corrected chi connectivity index (χ4v) is 4.93. The predicted octanol–water partition coefficient (Wildman–Crippen LogP) is 5.10. The Hall–Kier alpha value is -1.78. The highest BCUT2D eigenvalue weighted by Crippen LogP contribution is 2.35. The summed E-state index contributed by atoms with van der Waals surface area (Å²) in [6.07, 6.45) is 12.8. The lowest BCUT2D eigenvalue weighted by Crippen LogP contribution is -2.30. The van der Waals surface area contributed by atoms with E-state index in [1.807, 2.05) is 12.1 Å². The van der Waals surface area contributed by atoms with Crippen LogP contribution in [0.3, 0.4) is 0 Å². The molecule has 0 aromatic heterocycles. The molecule has 0 bridgehead atoms. The smallest absolute Gasteiger partial charge is 0.127 e. The molecule has 28 heavy (non-hydrogen) atoms. The molecule has 0 heterocycles. The molecule has 4 N–H and O–H groups in total. The van der Waals surface area contributed by atoms with Crippen molar-refractivity contribution in [2.24, 2.45) is 0 Å². The third-order valence-electron chi connectivity index (χ3n) is 6.70. The van der Waals surface area contributed by atoms with Crippen LogP contribution in [-0.4, -0.2) is 22.3 Å². The van der Waals surface area contributed by atoms with Gasteiger partial charge in [-0.15, -0.1) is 0 Å². The first kappa shape index (κ1) is 19.5. The van der Waals surface area contributed by atoms with E-state index in [0.29, 0.717) is 36.7 Å². The summed E-state index contributed by atoms with van der Waals surface area (Å²) in [5, 5.41) is 30.3. The minimum absolute atomic E-state index is 0.309. The van der Waals surface area contributed by atoms with Crippen LogP contribution in [0.1, 0.15) is 75.3 Å². The number of hydrogen-bond acceptors (Lipinski definition) is 4. The monoisotopic (exact) mass is 382 g/mol. The average molecular weight is 383 g/mol. The van der Waals surface area contributed by atoms with E-state index in [1.165, 1.54) is 64.2 Å². The van der Waals surface area contributed by atoms with Gasteiger partial charge in [0.25, 0.3) is 0 Å². The number of aromatic hydroxyl groups is 2. The third-order valence-corrected chi connectivity index (χ3v) is 6.70. The molecule has 0 atom stereocenters. The summed E-state index contributed by atoms with van der Waals surface area (Å²) in [4.78, 5) is 0. The zero-order chi connectivity index (χ0) is 19.3. The fraction of sp³-hybridized carbons (Fsp3) is 0.583. The summed E-state index contributed by atoms with van der Waals surface area (Å²) in [6, 6.07) is 8.74. The predicted molar refractivity (Wildman–Crippen MR) is 115 cm³/mol. The maximum absolute atomic E-state index is 10.9. The van der Waals surface area contributed by atoms with E-state index in [9.17, 15) is 10.2 Å². The highest BCUT2D eigenvalue weighted by Gasteiger charge is 2.17. The molecular formula is C24H34N2O2. The molecule has 0 saturated heterocycles. The van der Waals surface area contributed by atoms with Gasteiger partial charge in [0.05, 0.1) is 0 Å². The molecule has 4 heteroatoms. The van der Waals surface area contributed by atoms with Crippen molar-refractivity contribution in [1.29, 1.82) is 0 Å². The molecule has 0 amide bonds. The van der Waals surface area contributed by atoms with Crippen molar-refractivity contribution in [2.75, 3.05) is 0 Å². The van der Waals surface area contributed by atoms with Crippen LogP contribution in [0.2, 0.25) is 0 Å². The van der Waals surface area contributed by atoms with Crippen molar-refractivity contribution >= 4 is 10.8 Å². The lowest BCUT2D eigenvalue weighted by Gasteiger charge is -2.24. The van der Waals surface area contributed by atoms with Gasteiger partial charge in [0.1, 0.15) is 11.5 Å². The van der Waals surface area contributed by atoms with Gasteiger partial charge in [-0.2, -0.15) is 0 Å². The second-order valence-electron chi connectivity index (χ2n) is 8.66. The van der Waals surface area contributed by atoms with Crippen LogP contribution in [-0.2, 0) is 13.1 Å². The minimum Gasteiger partial charge on any atom is -0.508 e. The summed E-state index contributed by atoms with van der Waals surface area (Å²) in [6.45, 7) is 1.34. The van der Waals surface area contributed by atoms with Crippen molar-refractivity contribution in [3.63, 3.8) is 0 Å². The number of benzene rings is 2. The van der Waals surface area contributed by atoms with E-state index in [4.69, 9.17) is 0 Å². The lowest BCUT2D eigenvalue weighted by atomic mass is 9.94. The summed E-state index contributed by atoms with van der Waals surface area (Å²) in [5.74, 6) is 0.656. The van der Waals surface area contributed by atoms with Gasteiger partial charge in [0.15, 0.2) is 0 Å². The summed E-state index contributed by atoms with van der Waals surface area (Å²) < 4.78 is 0. The Labute approximate surface area is 168 Å². The van der Waals surface area contributed by atoms with Gasteiger partial charge < -0.3 is 20.8 Å². The molecule has 4 nitrogen and oxygen atoms in total. The molecule has 4 rings (SSSR count). The van der Waals surface area contributed by atoms with Crippen molar-refractivity contribution in [1.82, 2.24) is 10.6 Å². The molecule has 0 unspecified atom stereocenters.